The summed E-state index contributed by atoms with van der Waals surface area (Å²) in [5.41, 5.74) is 3.12. The second-order valence-corrected chi connectivity index (χ2v) is 6.02. The first-order valence-corrected chi connectivity index (χ1v) is 8.35. The van der Waals surface area contributed by atoms with Crippen LogP contribution in [0.5, 0.6) is 0 Å². The fourth-order valence-electron chi connectivity index (χ4n) is 2.78. The van der Waals surface area contributed by atoms with Crippen LogP contribution in [0.3, 0.4) is 0 Å². The molecule has 7 heteroatoms. The molecule has 0 aliphatic rings. The van der Waals surface area contributed by atoms with E-state index in [4.69, 9.17) is 0 Å². The number of aliphatic carboxylic acids is 1. The minimum absolute atomic E-state index is 0.195. The summed E-state index contributed by atoms with van der Waals surface area (Å²) in [6.07, 6.45) is 4.41. The van der Waals surface area contributed by atoms with Gasteiger partial charge in [-0.05, 0) is 30.2 Å². The predicted octanol–water partition coefficient (Wildman–Crippen LogP) is 2.79. The highest BCUT2D eigenvalue weighted by Gasteiger charge is 2.21. The first-order valence-electron chi connectivity index (χ1n) is 8.35. The summed E-state index contributed by atoms with van der Waals surface area (Å²) in [7, 11) is 0. The zero-order valence-corrected chi connectivity index (χ0v) is 14.7. The number of pyridine rings is 1. The van der Waals surface area contributed by atoms with Gasteiger partial charge in [-0.3, -0.25) is 9.59 Å². The Labute approximate surface area is 156 Å². The molecule has 1 aromatic carbocycles. The first kappa shape index (κ1) is 18.2. The van der Waals surface area contributed by atoms with Crippen molar-refractivity contribution in [3.8, 4) is 11.3 Å². The zero-order chi connectivity index (χ0) is 19.2. The van der Waals surface area contributed by atoms with E-state index in [0.29, 0.717) is 11.3 Å². The fraction of sp³-hybridized carbons (Fsp3) is 0.150. The Kier molecular flexibility index (Phi) is 5.51. The number of carbonyl (C=O) groups is 2. The molecule has 0 fully saturated rings. The van der Waals surface area contributed by atoms with Crippen LogP contribution in [0.15, 0.2) is 61.2 Å². The zero-order valence-electron chi connectivity index (χ0n) is 14.7. The number of hydrogen-bond acceptors (Lipinski definition) is 5. The molecule has 27 heavy (non-hydrogen) atoms. The molecule has 1 amide bonds. The first-order chi connectivity index (χ1) is 13.0. The number of carbonyl (C=O) groups excluding carboxylic acids is 1. The van der Waals surface area contributed by atoms with Crippen molar-refractivity contribution in [2.24, 2.45) is 0 Å². The van der Waals surface area contributed by atoms with E-state index in [2.05, 4.69) is 20.3 Å². The van der Waals surface area contributed by atoms with Gasteiger partial charge in [-0.15, -0.1) is 0 Å². The Morgan fingerprint density at radius 3 is 2.52 bits per heavy atom. The second-order valence-electron chi connectivity index (χ2n) is 6.02. The average molecular weight is 362 g/mol. The minimum Gasteiger partial charge on any atom is -0.481 e. The average Bonchev–Trinajstić information content (AvgIpc) is 2.68. The Hall–Kier alpha value is -3.61. The lowest BCUT2D eigenvalue weighted by Gasteiger charge is -2.19. The third-order valence-corrected chi connectivity index (χ3v) is 4.09. The highest BCUT2D eigenvalue weighted by molar-refractivity contribution is 5.93. The molecule has 2 heterocycles. The molecule has 3 aromatic rings. The SMILES string of the molecule is Cc1ccccc1C(CC(=O)O)NC(=O)c1cccc(-c2cncnc2)n1. The summed E-state index contributed by atoms with van der Waals surface area (Å²) in [5.74, 6) is -1.44. The quantitative estimate of drug-likeness (QED) is 0.698. The van der Waals surface area contributed by atoms with Crippen LogP contribution in [0.25, 0.3) is 11.3 Å². The topological polar surface area (TPSA) is 105 Å². The van der Waals surface area contributed by atoms with E-state index in [1.165, 1.54) is 6.33 Å². The Bertz CT molecular complexity index is 960. The van der Waals surface area contributed by atoms with Crippen LogP contribution in [0.4, 0.5) is 0 Å². The Balaban J connectivity index is 1.86. The molecular formula is C20H18N4O3. The summed E-state index contributed by atoms with van der Waals surface area (Å²) in [6, 6.07) is 11.8. The van der Waals surface area contributed by atoms with E-state index in [0.717, 1.165) is 11.1 Å². The fourth-order valence-corrected chi connectivity index (χ4v) is 2.78. The third-order valence-electron chi connectivity index (χ3n) is 4.09. The van der Waals surface area contributed by atoms with Crippen LogP contribution in [-0.2, 0) is 4.79 Å². The van der Waals surface area contributed by atoms with Gasteiger partial charge in [0.15, 0.2) is 0 Å². The molecule has 0 radical (unpaired) electrons. The minimum atomic E-state index is -0.994. The van der Waals surface area contributed by atoms with Crippen molar-refractivity contribution in [3.05, 3.63) is 78.0 Å². The lowest BCUT2D eigenvalue weighted by Crippen LogP contribution is -2.31. The molecule has 3 rings (SSSR count). The van der Waals surface area contributed by atoms with Crippen molar-refractivity contribution >= 4 is 11.9 Å². The molecule has 1 unspecified atom stereocenters. The Morgan fingerprint density at radius 1 is 1.07 bits per heavy atom. The number of nitrogens with zero attached hydrogens (tertiary/aromatic N) is 3. The van der Waals surface area contributed by atoms with E-state index in [-0.39, 0.29) is 12.1 Å². The largest absolute Gasteiger partial charge is 0.481 e. The van der Waals surface area contributed by atoms with Crippen LogP contribution in [0.2, 0.25) is 0 Å². The predicted molar refractivity (Wildman–Crippen MR) is 98.9 cm³/mol. The molecule has 0 aliphatic carbocycles. The second kappa shape index (κ2) is 8.18. The van der Waals surface area contributed by atoms with Crippen LogP contribution >= 0.6 is 0 Å². The molecular weight excluding hydrogens is 344 g/mol. The maximum atomic E-state index is 12.7. The number of nitrogens with one attached hydrogen (secondary N) is 1. The van der Waals surface area contributed by atoms with Gasteiger partial charge in [0.05, 0.1) is 18.2 Å². The number of hydrogen-bond donors (Lipinski definition) is 2. The number of benzene rings is 1. The van der Waals surface area contributed by atoms with E-state index < -0.39 is 17.9 Å². The molecule has 0 aliphatic heterocycles. The number of carboxylic acid groups (broad SMARTS) is 1. The molecule has 1 atom stereocenters. The number of amides is 1. The lowest BCUT2D eigenvalue weighted by atomic mass is 9.98. The molecule has 2 aromatic heterocycles. The van der Waals surface area contributed by atoms with E-state index in [1.54, 1.807) is 30.6 Å². The monoisotopic (exact) mass is 362 g/mol. The van der Waals surface area contributed by atoms with Crippen LogP contribution in [0.1, 0.15) is 34.1 Å². The van der Waals surface area contributed by atoms with Crippen LogP contribution < -0.4 is 5.32 Å². The van der Waals surface area contributed by atoms with Gasteiger partial charge in [-0.2, -0.15) is 0 Å². The van der Waals surface area contributed by atoms with Crippen molar-refractivity contribution in [1.29, 1.82) is 0 Å². The highest BCUT2D eigenvalue weighted by atomic mass is 16.4. The summed E-state index contributed by atoms with van der Waals surface area (Å²) >= 11 is 0. The highest BCUT2D eigenvalue weighted by Crippen LogP contribution is 2.21. The van der Waals surface area contributed by atoms with Crippen molar-refractivity contribution in [3.63, 3.8) is 0 Å². The van der Waals surface area contributed by atoms with Crippen molar-refractivity contribution < 1.29 is 14.7 Å². The standard InChI is InChI=1S/C20H18N4O3/c1-13-5-2-3-6-15(13)18(9-19(25)26)24-20(27)17-8-4-7-16(23-17)14-10-21-12-22-11-14/h2-8,10-12,18H,9H2,1H3,(H,24,27)(H,25,26). The van der Waals surface area contributed by atoms with Crippen molar-refractivity contribution in [1.82, 2.24) is 20.3 Å². The van der Waals surface area contributed by atoms with Crippen molar-refractivity contribution in [2.75, 3.05) is 0 Å². The Morgan fingerprint density at radius 2 is 1.81 bits per heavy atom. The summed E-state index contributed by atoms with van der Waals surface area (Å²) in [6.45, 7) is 1.88. The normalized spacial score (nSPS) is 11.6. The van der Waals surface area contributed by atoms with Crippen molar-refractivity contribution in [2.45, 2.75) is 19.4 Å². The van der Waals surface area contributed by atoms with E-state index in [1.807, 2.05) is 31.2 Å². The number of rotatable bonds is 6. The van der Waals surface area contributed by atoms with Crippen LogP contribution in [0, 0.1) is 6.92 Å². The molecule has 0 saturated carbocycles. The number of aromatic nitrogens is 3. The van der Waals surface area contributed by atoms with Gasteiger partial charge < -0.3 is 10.4 Å². The van der Waals surface area contributed by atoms with E-state index >= 15 is 0 Å². The molecule has 7 nitrogen and oxygen atoms in total. The van der Waals surface area contributed by atoms with Gasteiger partial charge in [0.1, 0.15) is 12.0 Å². The van der Waals surface area contributed by atoms with Gasteiger partial charge in [-0.1, -0.05) is 30.3 Å². The molecule has 0 saturated heterocycles. The van der Waals surface area contributed by atoms with Gasteiger partial charge in [0.2, 0.25) is 0 Å². The van der Waals surface area contributed by atoms with E-state index in [9.17, 15) is 14.7 Å². The maximum Gasteiger partial charge on any atom is 0.305 e. The summed E-state index contributed by atoms with van der Waals surface area (Å²) < 4.78 is 0. The van der Waals surface area contributed by atoms with Gasteiger partial charge >= 0.3 is 5.97 Å². The molecule has 0 bridgehead atoms. The summed E-state index contributed by atoms with van der Waals surface area (Å²) in [4.78, 5) is 36.2. The number of aryl methyl sites for hydroxylation is 1. The molecule has 136 valence electrons. The maximum absolute atomic E-state index is 12.7. The molecule has 0 spiro atoms. The third kappa shape index (κ3) is 4.52. The summed E-state index contributed by atoms with van der Waals surface area (Å²) in [5, 5.41) is 12.0. The van der Waals surface area contributed by atoms with Crippen LogP contribution in [-0.4, -0.2) is 31.9 Å². The van der Waals surface area contributed by atoms with Gasteiger partial charge in [0.25, 0.3) is 5.91 Å². The lowest BCUT2D eigenvalue weighted by molar-refractivity contribution is -0.137. The smallest absolute Gasteiger partial charge is 0.305 e. The number of carboxylic acids is 1. The van der Waals surface area contributed by atoms with Gasteiger partial charge in [0, 0.05) is 18.0 Å². The molecule has 2 N–H and O–H groups in total. The van der Waals surface area contributed by atoms with Gasteiger partial charge in [-0.25, -0.2) is 15.0 Å².